The van der Waals surface area contributed by atoms with E-state index in [-0.39, 0.29) is 5.02 Å². The third-order valence-electron chi connectivity index (χ3n) is 4.11. The minimum absolute atomic E-state index is 0.253. The molecule has 2 N–H and O–H groups in total. The minimum Gasteiger partial charge on any atom is -0.497 e. The van der Waals surface area contributed by atoms with E-state index in [1.165, 1.54) is 32.1 Å². The predicted molar refractivity (Wildman–Crippen MR) is 120 cm³/mol. The Morgan fingerprint density at radius 3 is 2.32 bits per heavy atom. The number of hydrogen-bond acceptors (Lipinski definition) is 5. The molecule has 0 radical (unpaired) electrons. The lowest BCUT2D eigenvalue weighted by atomic mass is 10.2. The van der Waals surface area contributed by atoms with Crippen molar-refractivity contribution in [1.29, 1.82) is 0 Å². The Morgan fingerprint density at radius 1 is 1.03 bits per heavy atom. The number of methoxy groups -OCH3 is 1. The van der Waals surface area contributed by atoms with Gasteiger partial charge in [-0.2, -0.15) is 0 Å². The number of benzene rings is 2. The molecule has 0 saturated heterocycles. The van der Waals surface area contributed by atoms with Crippen LogP contribution in [0.1, 0.15) is 19.4 Å². The minimum atomic E-state index is -1.10. The fraction of sp³-hybridized carbons (Fsp3) is 0.227. The highest BCUT2D eigenvalue weighted by Crippen LogP contribution is 2.25. The van der Waals surface area contributed by atoms with Crippen molar-refractivity contribution in [2.24, 2.45) is 0 Å². The molecule has 0 spiro atoms. The fourth-order valence-electron chi connectivity index (χ4n) is 2.36. The van der Waals surface area contributed by atoms with E-state index in [2.05, 4.69) is 10.6 Å². The van der Waals surface area contributed by atoms with E-state index in [9.17, 15) is 14.4 Å². The van der Waals surface area contributed by atoms with Crippen molar-refractivity contribution in [2.75, 3.05) is 12.4 Å². The van der Waals surface area contributed by atoms with Crippen LogP contribution >= 0.6 is 23.2 Å². The smallest absolute Gasteiger partial charge is 0.329 e. The average Bonchev–Trinajstić information content (AvgIpc) is 2.74. The van der Waals surface area contributed by atoms with Crippen LogP contribution in [-0.2, 0) is 19.1 Å². The van der Waals surface area contributed by atoms with Crippen LogP contribution in [0.2, 0.25) is 10.0 Å². The summed E-state index contributed by atoms with van der Waals surface area (Å²) in [5.41, 5.74) is 1.13. The number of ether oxygens (including phenoxy) is 2. The van der Waals surface area contributed by atoms with Gasteiger partial charge in [-0.1, -0.05) is 35.3 Å². The first kappa shape index (κ1) is 24.2. The van der Waals surface area contributed by atoms with Crippen LogP contribution in [0.15, 0.2) is 48.5 Å². The predicted octanol–water partition coefficient (Wildman–Crippen LogP) is 4.09. The van der Waals surface area contributed by atoms with Crippen LogP contribution < -0.4 is 15.4 Å². The summed E-state index contributed by atoms with van der Waals surface area (Å²) in [4.78, 5) is 36.5. The van der Waals surface area contributed by atoms with Crippen molar-refractivity contribution in [3.63, 3.8) is 0 Å². The van der Waals surface area contributed by atoms with Gasteiger partial charge in [-0.3, -0.25) is 9.59 Å². The highest BCUT2D eigenvalue weighted by molar-refractivity contribution is 6.36. The largest absolute Gasteiger partial charge is 0.497 e. The SMILES string of the molecule is COc1ccc(C=CC(=O)NC(C)C(=O)OC(C)C(=O)Nc2ccc(Cl)cc2Cl)cc1. The maximum atomic E-state index is 12.2. The Balaban J connectivity index is 1.85. The van der Waals surface area contributed by atoms with Crippen molar-refractivity contribution in [3.05, 3.63) is 64.1 Å². The van der Waals surface area contributed by atoms with Gasteiger partial charge in [0.1, 0.15) is 11.8 Å². The Bertz CT molecular complexity index is 976. The van der Waals surface area contributed by atoms with Gasteiger partial charge in [0.25, 0.3) is 5.91 Å². The van der Waals surface area contributed by atoms with E-state index >= 15 is 0 Å². The van der Waals surface area contributed by atoms with Gasteiger partial charge in [-0.25, -0.2) is 4.79 Å². The fourth-order valence-corrected chi connectivity index (χ4v) is 2.82. The van der Waals surface area contributed by atoms with Crippen LogP contribution in [0.5, 0.6) is 5.75 Å². The molecule has 2 aromatic carbocycles. The number of carbonyl (C=O) groups is 3. The van der Waals surface area contributed by atoms with Gasteiger partial charge in [0.2, 0.25) is 5.91 Å². The summed E-state index contributed by atoms with van der Waals surface area (Å²) >= 11 is 11.8. The molecule has 7 nitrogen and oxygen atoms in total. The molecule has 0 bridgehead atoms. The monoisotopic (exact) mass is 464 g/mol. The molecule has 2 amide bonds. The molecule has 9 heteroatoms. The van der Waals surface area contributed by atoms with Gasteiger partial charge >= 0.3 is 5.97 Å². The van der Waals surface area contributed by atoms with Crippen molar-refractivity contribution in [1.82, 2.24) is 5.32 Å². The maximum Gasteiger partial charge on any atom is 0.329 e. The van der Waals surface area contributed by atoms with Gasteiger partial charge in [-0.05, 0) is 55.8 Å². The normalized spacial score (nSPS) is 12.7. The summed E-state index contributed by atoms with van der Waals surface area (Å²) in [6.07, 6.45) is 1.79. The molecule has 2 atom stereocenters. The lowest BCUT2D eigenvalue weighted by Crippen LogP contribution is -2.41. The number of rotatable bonds is 8. The zero-order valence-corrected chi connectivity index (χ0v) is 18.7. The van der Waals surface area contributed by atoms with Crippen molar-refractivity contribution in [2.45, 2.75) is 26.0 Å². The second-order valence-electron chi connectivity index (χ2n) is 6.53. The number of amides is 2. The molecule has 0 aliphatic heterocycles. The molecule has 0 fully saturated rings. The topological polar surface area (TPSA) is 93.7 Å². The quantitative estimate of drug-likeness (QED) is 0.453. The third-order valence-corrected chi connectivity index (χ3v) is 4.65. The van der Waals surface area contributed by atoms with Crippen LogP contribution in [0.25, 0.3) is 6.08 Å². The highest BCUT2D eigenvalue weighted by Gasteiger charge is 2.23. The summed E-state index contributed by atoms with van der Waals surface area (Å²) in [7, 11) is 1.57. The second-order valence-corrected chi connectivity index (χ2v) is 7.37. The Hall–Kier alpha value is -3.03. The third kappa shape index (κ3) is 7.62. The second kappa shape index (κ2) is 11.4. The number of carbonyl (C=O) groups excluding carboxylic acids is 3. The number of esters is 1. The molecule has 0 saturated carbocycles. The van der Waals surface area contributed by atoms with Gasteiger partial charge in [0.05, 0.1) is 17.8 Å². The number of halogens is 2. The molecular weight excluding hydrogens is 443 g/mol. The maximum absolute atomic E-state index is 12.2. The molecule has 0 aliphatic carbocycles. The van der Waals surface area contributed by atoms with Gasteiger partial charge in [0, 0.05) is 11.1 Å². The lowest BCUT2D eigenvalue weighted by molar-refractivity contribution is -0.155. The van der Waals surface area contributed by atoms with Crippen molar-refractivity contribution < 1.29 is 23.9 Å². The van der Waals surface area contributed by atoms with Crippen molar-refractivity contribution in [3.8, 4) is 5.75 Å². The van der Waals surface area contributed by atoms with E-state index in [0.29, 0.717) is 16.5 Å². The molecule has 2 rings (SSSR count). The zero-order chi connectivity index (χ0) is 23.0. The van der Waals surface area contributed by atoms with Crippen molar-refractivity contribution >= 4 is 52.7 Å². The lowest BCUT2D eigenvalue weighted by Gasteiger charge is -2.17. The molecular formula is C22H22Cl2N2O5. The molecule has 164 valence electrons. The Kier molecular flexibility index (Phi) is 8.90. The Labute approximate surface area is 190 Å². The summed E-state index contributed by atoms with van der Waals surface area (Å²) in [6, 6.07) is 10.7. The summed E-state index contributed by atoms with van der Waals surface area (Å²) in [5, 5.41) is 5.72. The van der Waals surface area contributed by atoms with Gasteiger partial charge in [-0.15, -0.1) is 0 Å². The first-order valence-corrected chi connectivity index (χ1v) is 10.0. The summed E-state index contributed by atoms with van der Waals surface area (Å²) < 4.78 is 10.2. The molecule has 0 aromatic heterocycles. The van der Waals surface area contributed by atoms with Gasteiger partial charge in [0.15, 0.2) is 6.10 Å². The summed E-state index contributed by atoms with van der Waals surface area (Å²) in [5.74, 6) is -1.11. The van der Waals surface area contributed by atoms with E-state index in [4.69, 9.17) is 32.7 Å². The average molecular weight is 465 g/mol. The van der Waals surface area contributed by atoms with Crippen LogP contribution in [-0.4, -0.2) is 37.0 Å². The van der Waals surface area contributed by atoms with E-state index in [1.54, 1.807) is 43.5 Å². The summed E-state index contributed by atoms with van der Waals surface area (Å²) in [6.45, 7) is 2.87. The molecule has 2 aromatic rings. The molecule has 31 heavy (non-hydrogen) atoms. The standard InChI is InChI=1S/C22H22Cl2N2O5/c1-13(25-20(27)11-6-15-4-8-17(30-3)9-5-15)22(29)31-14(2)21(28)26-19-10-7-16(23)12-18(19)24/h4-14H,1-3H3,(H,25,27)(H,26,28). The molecule has 0 heterocycles. The first-order valence-electron chi connectivity index (χ1n) is 9.28. The van der Waals surface area contributed by atoms with Gasteiger partial charge < -0.3 is 20.1 Å². The Morgan fingerprint density at radius 2 is 1.71 bits per heavy atom. The molecule has 2 unspecified atom stereocenters. The van der Waals surface area contributed by atoms with Crippen LogP contribution in [0.4, 0.5) is 5.69 Å². The van der Waals surface area contributed by atoms with E-state index < -0.39 is 29.9 Å². The first-order chi connectivity index (χ1) is 14.7. The van der Waals surface area contributed by atoms with Crippen LogP contribution in [0.3, 0.4) is 0 Å². The van der Waals surface area contributed by atoms with E-state index in [1.807, 2.05) is 0 Å². The van der Waals surface area contributed by atoms with E-state index in [0.717, 1.165) is 5.56 Å². The number of anilines is 1. The van der Waals surface area contributed by atoms with Crippen LogP contribution in [0, 0.1) is 0 Å². The number of hydrogen-bond donors (Lipinski definition) is 2. The molecule has 0 aliphatic rings. The number of nitrogens with one attached hydrogen (secondary N) is 2. The highest BCUT2D eigenvalue weighted by atomic mass is 35.5. The zero-order valence-electron chi connectivity index (χ0n) is 17.1.